The summed E-state index contributed by atoms with van der Waals surface area (Å²) in [6.07, 6.45) is 6.84. The van der Waals surface area contributed by atoms with Gasteiger partial charge in [-0.2, -0.15) is 0 Å². The smallest absolute Gasteiger partial charge is 0.0959 e. The summed E-state index contributed by atoms with van der Waals surface area (Å²) in [5.74, 6) is 0.595. The minimum absolute atomic E-state index is 0.595. The monoisotopic (exact) mass is 245 g/mol. The Morgan fingerprint density at radius 3 is 2.71 bits per heavy atom. The van der Waals surface area contributed by atoms with Gasteiger partial charge in [-0.3, -0.25) is 0 Å². The maximum Gasteiger partial charge on any atom is 0.0959 e. The Morgan fingerprint density at radius 1 is 1.24 bits per heavy atom. The molecule has 1 aromatic heterocycles. The standard InChI is InChI=1S/C15H19NS/c1-2-3-9-14(15-16-10-11-17-15)12-13-7-5-4-6-8-13/h4-8,10-11,14H,2-3,9,12H2,1H3. The van der Waals surface area contributed by atoms with Gasteiger partial charge in [-0.05, 0) is 18.4 Å². The normalized spacial score (nSPS) is 12.5. The number of rotatable bonds is 6. The van der Waals surface area contributed by atoms with Crippen molar-refractivity contribution in [1.29, 1.82) is 0 Å². The fourth-order valence-corrected chi connectivity index (χ4v) is 2.87. The van der Waals surface area contributed by atoms with Crippen molar-refractivity contribution in [2.24, 2.45) is 0 Å². The lowest BCUT2D eigenvalue weighted by Crippen LogP contribution is -2.02. The lowest BCUT2D eigenvalue weighted by molar-refractivity contribution is 0.579. The molecule has 0 saturated heterocycles. The van der Waals surface area contributed by atoms with Crippen molar-refractivity contribution in [3.8, 4) is 0 Å². The van der Waals surface area contributed by atoms with Crippen molar-refractivity contribution in [3.63, 3.8) is 0 Å². The molecule has 0 spiro atoms. The second-order valence-electron chi connectivity index (χ2n) is 4.40. The SMILES string of the molecule is CCCCC(Cc1ccccc1)c1nccs1. The minimum Gasteiger partial charge on any atom is -0.249 e. The van der Waals surface area contributed by atoms with Gasteiger partial charge in [0.25, 0.3) is 0 Å². The molecule has 0 aliphatic heterocycles. The Bertz CT molecular complexity index is 408. The van der Waals surface area contributed by atoms with Crippen LogP contribution in [0.15, 0.2) is 41.9 Å². The molecule has 90 valence electrons. The highest BCUT2D eigenvalue weighted by molar-refractivity contribution is 7.09. The second kappa shape index (κ2) is 6.55. The minimum atomic E-state index is 0.595. The lowest BCUT2D eigenvalue weighted by Gasteiger charge is -2.14. The molecule has 0 aliphatic rings. The Labute approximate surface area is 108 Å². The predicted molar refractivity (Wildman–Crippen MR) is 74.5 cm³/mol. The molecule has 2 rings (SSSR count). The number of unbranched alkanes of at least 4 members (excludes halogenated alkanes) is 1. The van der Waals surface area contributed by atoms with Gasteiger partial charge in [0.2, 0.25) is 0 Å². The van der Waals surface area contributed by atoms with Gasteiger partial charge >= 0.3 is 0 Å². The van der Waals surface area contributed by atoms with Crippen molar-refractivity contribution >= 4 is 11.3 Å². The molecule has 1 aromatic carbocycles. The van der Waals surface area contributed by atoms with Crippen LogP contribution in [0.25, 0.3) is 0 Å². The molecule has 1 nitrogen and oxygen atoms in total. The van der Waals surface area contributed by atoms with Gasteiger partial charge in [0.15, 0.2) is 0 Å². The third-order valence-corrected chi connectivity index (χ3v) is 3.97. The Morgan fingerprint density at radius 2 is 2.06 bits per heavy atom. The Balaban J connectivity index is 2.06. The highest BCUT2D eigenvalue weighted by Crippen LogP contribution is 2.27. The van der Waals surface area contributed by atoms with E-state index in [1.807, 2.05) is 6.20 Å². The van der Waals surface area contributed by atoms with Crippen LogP contribution in [0, 0.1) is 0 Å². The molecule has 0 saturated carbocycles. The molecule has 0 N–H and O–H groups in total. The molecular formula is C15H19NS. The summed E-state index contributed by atoms with van der Waals surface area (Å²) in [5.41, 5.74) is 1.42. The number of hydrogen-bond donors (Lipinski definition) is 0. The average Bonchev–Trinajstić information content (AvgIpc) is 2.89. The highest BCUT2D eigenvalue weighted by Gasteiger charge is 2.14. The van der Waals surface area contributed by atoms with Gasteiger partial charge < -0.3 is 0 Å². The molecular weight excluding hydrogens is 226 g/mol. The summed E-state index contributed by atoms with van der Waals surface area (Å²) < 4.78 is 0. The molecule has 1 unspecified atom stereocenters. The van der Waals surface area contributed by atoms with E-state index >= 15 is 0 Å². The van der Waals surface area contributed by atoms with Crippen LogP contribution in [0.4, 0.5) is 0 Å². The molecule has 17 heavy (non-hydrogen) atoms. The number of hydrogen-bond acceptors (Lipinski definition) is 2. The zero-order chi connectivity index (χ0) is 11.9. The van der Waals surface area contributed by atoms with Gasteiger partial charge in [0, 0.05) is 17.5 Å². The first-order chi connectivity index (χ1) is 8.40. The van der Waals surface area contributed by atoms with Crippen LogP contribution in [0.2, 0.25) is 0 Å². The quantitative estimate of drug-likeness (QED) is 0.721. The summed E-state index contributed by atoms with van der Waals surface area (Å²) >= 11 is 1.79. The van der Waals surface area contributed by atoms with Crippen LogP contribution in [0.5, 0.6) is 0 Å². The molecule has 2 heteroatoms. The van der Waals surface area contributed by atoms with Gasteiger partial charge in [-0.15, -0.1) is 11.3 Å². The largest absolute Gasteiger partial charge is 0.249 e. The van der Waals surface area contributed by atoms with Crippen molar-refractivity contribution in [2.45, 2.75) is 38.5 Å². The average molecular weight is 245 g/mol. The molecule has 0 aliphatic carbocycles. The third kappa shape index (κ3) is 3.67. The van der Waals surface area contributed by atoms with E-state index in [0.29, 0.717) is 5.92 Å². The van der Waals surface area contributed by atoms with Crippen LogP contribution >= 0.6 is 11.3 Å². The van der Waals surface area contributed by atoms with E-state index in [9.17, 15) is 0 Å². The first-order valence-electron chi connectivity index (χ1n) is 6.33. The van der Waals surface area contributed by atoms with Crippen molar-refractivity contribution in [2.75, 3.05) is 0 Å². The summed E-state index contributed by atoms with van der Waals surface area (Å²) in [5, 5.41) is 3.38. The van der Waals surface area contributed by atoms with Gasteiger partial charge in [-0.1, -0.05) is 50.1 Å². The van der Waals surface area contributed by atoms with E-state index in [0.717, 1.165) is 6.42 Å². The maximum atomic E-state index is 4.48. The van der Waals surface area contributed by atoms with Crippen LogP contribution in [0.1, 0.15) is 42.7 Å². The summed E-state index contributed by atoms with van der Waals surface area (Å²) in [6, 6.07) is 10.7. The topological polar surface area (TPSA) is 12.9 Å². The first-order valence-corrected chi connectivity index (χ1v) is 7.21. The molecule has 0 bridgehead atoms. The summed E-state index contributed by atoms with van der Waals surface area (Å²) in [7, 11) is 0. The Hall–Kier alpha value is -1.15. The fraction of sp³-hybridized carbons (Fsp3) is 0.400. The van der Waals surface area contributed by atoms with Gasteiger partial charge in [0.05, 0.1) is 5.01 Å². The number of aromatic nitrogens is 1. The molecule has 0 amide bonds. The summed E-state index contributed by atoms with van der Waals surface area (Å²) in [4.78, 5) is 4.48. The summed E-state index contributed by atoms with van der Waals surface area (Å²) in [6.45, 7) is 2.25. The Kier molecular flexibility index (Phi) is 4.75. The van der Waals surface area contributed by atoms with Crippen LogP contribution in [-0.4, -0.2) is 4.98 Å². The van der Waals surface area contributed by atoms with Gasteiger partial charge in [0.1, 0.15) is 0 Å². The first kappa shape index (κ1) is 12.3. The third-order valence-electron chi connectivity index (χ3n) is 3.03. The van der Waals surface area contributed by atoms with Crippen LogP contribution in [0.3, 0.4) is 0 Å². The zero-order valence-corrected chi connectivity index (χ0v) is 11.1. The number of nitrogens with zero attached hydrogens (tertiary/aromatic N) is 1. The van der Waals surface area contributed by atoms with E-state index in [-0.39, 0.29) is 0 Å². The van der Waals surface area contributed by atoms with Crippen molar-refractivity contribution < 1.29 is 0 Å². The maximum absolute atomic E-state index is 4.48. The molecule has 0 radical (unpaired) electrons. The molecule has 1 heterocycles. The van der Waals surface area contributed by atoms with Crippen LogP contribution < -0.4 is 0 Å². The van der Waals surface area contributed by atoms with E-state index in [1.165, 1.54) is 29.8 Å². The second-order valence-corrected chi connectivity index (χ2v) is 5.33. The lowest BCUT2D eigenvalue weighted by atomic mass is 9.95. The predicted octanol–water partition coefficient (Wildman–Crippen LogP) is 4.66. The van der Waals surface area contributed by atoms with E-state index in [1.54, 1.807) is 11.3 Å². The molecule has 2 aromatic rings. The van der Waals surface area contributed by atoms with Gasteiger partial charge in [-0.25, -0.2) is 4.98 Å². The van der Waals surface area contributed by atoms with Crippen LogP contribution in [-0.2, 0) is 6.42 Å². The molecule has 0 fully saturated rings. The molecule has 1 atom stereocenters. The zero-order valence-electron chi connectivity index (χ0n) is 10.3. The van der Waals surface area contributed by atoms with E-state index in [4.69, 9.17) is 0 Å². The van der Waals surface area contributed by atoms with E-state index in [2.05, 4.69) is 47.6 Å². The van der Waals surface area contributed by atoms with E-state index < -0.39 is 0 Å². The van der Waals surface area contributed by atoms with Crippen molar-refractivity contribution in [1.82, 2.24) is 4.98 Å². The number of benzene rings is 1. The fourth-order valence-electron chi connectivity index (χ4n) is 2.10. The number of thiazole rings is 1. The highest BCUT2D eigenvalue weighted by atomic mass is 32.1. The van der Waals surface area contributed by atoms with Crippen molar-refractivity contribution in [3.05, 3.63) is 52.5 Å².